The van der Waals surface area contributed by atoms with Crippen molar-refractivity contribution in [2.24, 2.45) is 5.11 Å². The first-order valence-corrected chi connectivity index (χ1v) is 4.48. The molecule has 0 heterocycles. The fraction of sp³-hybridized carbons (Fsp3) is 0.333. The van der Waals surface area contributed by atoms with Crippen molar-refractivity contribution in [3.05, 3.63) is 44.8 Å². The first-order chi connectivity index (χ1) is 6.65. The van der Waals surface area contributed by atoms with E-state index in [4.69, 9.17) is 17.1 Å². The van der Waals surface area contributed by atoms with E-state index in [2.05, 4.69) is 10.0 Å². The van der Waals surface area contributed by atoms with Gasteiger partial charge in [-0.1, -0.05) is 22.8 Å². The van der Waals surface area contributed by atoms with Crippen LogP contribution in [0.4, 0.5) is 0 Å². The fourth-order valence-electron chi connectivity index (χ4n) is 1.18. The summed E-state index contributed by atoms with van der Waals surface area (Å²) in [5, 5.41) is 13.5. The molecule has 0 fully saturated rings. The molecule has 0 radical (unpaired) electrons. The summed E-state index contributed by atoms with van der Waals surface area (Å²) in [7, 11) is 0. The number of nitrogens with zero attached hydrogens (tertiary/aromatic N) is 3. The quantitative estimate of drug-likeness (QED) is 0.466. The van der Waals surface area contributed by atoms with E-state index < -0.39 is 6.10 Å². The lowest BCUT2D eigenvalue weighted by Crippen LogP contribution is -2.02. The zero-order valence-corrected chi connectivity index (χ0v) is 8.44. The summed E-state index contributed by atoms with van der Waals surface area (Å²) >= 11 is 5.78. The van der Waals surface area contributed by atoms with Gasteiger partial charge in [0.15, 0.2) is 0 Å². The molecular weight excluding hydrogens is 202 g/mol. The molecule has 0 amide bonds. The van der Waals surface area contributed by atoms with E-state index in [0.29, 0.717) is 10.6 Å². The molecule has 1 N–H and O–H groups in total. The number of rotatable bonds is 3. The van der Waals surface area contributed by atoms with Crippen LogP contribution in [-0.2, 0) is 0 Å². The van der Waals surface area contributed by atoms with Crippen molar-refractivity contribution in [3.8, 4) is 0 Å². The molecule has 1 aromatic rings. The van der Waals surface area contributed by atoms with Crippen molar-refractivity contribution in [1.82, 2.24) is 0 Å². The lowest BCUT2D eigenvalue weighted by molar-refractivity contribution is 0.186. The predicted octanol–water partition coefficient (Wildman–Crippen LogP) is 2.99. The van der Waals surface area contributed by atoms with Crippen LogP contribution >= 0.6 is 11.6 Å². The van der Waals surface area contributed by atoms with Crippen molar-refractivity contribution < 1.29 is 5.11 Å². The summed E-state index contributed by atoms with van der Waals surface area (Å²) in [6, 6.07) is 5.24. The molecule has 0 aromatic heterocycles. The molecule has 1 unspecified atom stereocenters. The molecular formula is C9H10ClN3O. The standard InChI is InChI=1S/C9H10ClN3O/c1-6-2-3-7(10)4-8(6)9(14)5-12-13-11/h2-4,9,14H,5H2,1H3. The van der Waals surface area contributed by atoms with Crippen LogP contribution in [0.5, 0.6) is 0 Å². The molecule has 1 rings (SSSR count). The van der Waals surface area contributed by atoms with Crippen molar-refractivity contribution >= 4 is 11.6 Å². The van der Waals surface area contributed by atoms with Crippen LogP contribution in [-0.4, -0.2) is 11.7 Å². The van der Waals surface area contributed by atoms with E-state index in [1.807, 2.05) is 13.0 Å². The summed E-state index contributed by atoms with van der Waals surface area (Å²) in [5.74, 6) is 0. The van der Waals surface area contributed by atoms with Gasteiger partial charge in [0.25, 0.3) is 0 Å². The molecule has 0 spiro atoms. The number of azide groups is 1. The highest BCUT2D eigenvalue weighted by atomic mass is 35.5. The summed E-state index contributed by atoms with van der Waals surface area (Å²) in [6.45, 7) is 1.89. The average Bonchev–Trinajstić information content (AvgIpc) is 2.18. The molecule has 1 atom stereocenters. The Morgan fingerprint density at radius 3 is 3.00 bits per heavy atom. The molecule has 1 aromatic carbocycles. The highest BCUT2D eigenvalue weighted by molar-refractivity contribution is 6.30. The maximum atomic E-state index is 9.63. The van der Waals surface area contributed by atoms with Crippen LogP contribution in [0.2, 0.25) is 5.02 Å². The third-order valence-electron chi connectivity index (χ3n) is 1.92. The minimum atomic E-state index is -0.787. The molecule has 0 aliphatic carbocycles. The molecule has 0 aliphatic heterocycles. The topological polar surface area (TPSA) is 69.0 Å². The third kappa shape index (κ3) is 2.64. The van der Waals surface area contributed by atoms with E-state index in [1.54, 1.807) is 12.1 Å². The Bertz CT molecular complexity index is 374. The SMILES string of the molecule is Cc1ccc(Cl)cc1C(O)CN=[N+]=[N-]. The van der Waals surface area contributed by atoms with E-state index in [0.717, 1.165) is 5.56 Å². The number of benzene rings is 1. The van der Waals surface area contributed by atoms with E-state index in [9.17, 15) is 5.11 Å². The van der Waals surface area contributed by atoms with Crippen molar-refractivity contribution in [1.29, 1.82) is 0 Å². The van der Waals surface area contributed by atoms with E-state index in [-0.39, 0.29) is 6.54 Å². The van der Waals surface area contributed by atoms with Crippen LogP contribution in [0.25, 0.3) is 10.4 Å². The van der Waals surface area contributed by atoms with Crippen molar-refractivity contribution in [2.75, 3.05) is 6.54 Å². The minimum Gasteiger partial charge on any atom is -0.388 e. The van der Waals surface area contributed by atoms with Gasteiger partial charge in [0, 0.05) is 9.93 Å². The van der Waals surface area contributed by atoms with Crippen LogP contribution in [0.15, 0.2) is 23.3 Å². The summed E-state index contributed by atoms with van der Waals surface area (Å²) in [5.41, 5.74) is 9.73. The molecule has 0 saturated carbocycles. The van der Waals surface area contributed by atoms with Gasteiger partial charge in [0.1, 0.15) is 0 Å². The van der Waals surface area contributed by atoms with Crippen LogP contribution in [0.3, 0.4) is 0 Å². The van der Waals surface area contributed by atoms with Crippen molar-refractivity contribution in [3.63, 3.8) is 0 Å². The van der Waals surface area contributed by atoms with Crippen LogP contribution in [0.1, 0.15) is 17.2 Å². The minimum absolute atomic E-state index is 0.0255. The van der Waals surface area contributed by atoms with E-state index >= 15 is 0 Å². The maximum Gasteiger partial charge on any atom is 0.0849 e. The zero-order chi connectivity index (χ0) is 10.6. The Morgan fingerprint density at radius 2 is 2.36 bits per heavy atom. The van der Waals surface area contributed by atoms with Gasteiger partial charge in [-0.25, -0.2) is 0 Å². The Labute approximate surface area is 86.8 Å². The lowest BCUT2D eigenvalue weighted by Gasteiger charge is -2.11. The number of hydrogen-bond acceptors (Lipinski definition) is 2. The Balaban J connectivity index is 2.93. The second kappa shape index (κ2) is 4.86. The van der Waals surface area contributed by atoms with Gasteiger partial charge in [-0.15, -0.1) is 0 Å². The van der Waals surface area contributed by atoms with Crippen LogP contribution < -0.4 is 0 Å². The lowest BCUT2D eigenvalue weighted by atomic mass is 10.0. The smallest absolute Gasteiger partial charge is 0.0849 e. The van der Waals surface area contributed by atoms with Gasteiger partial charge in [-0.05, 0) is 35.7 Å². The van der Waals surface area contributed by atoms with Gasteiger partial charge in [0.05, 0.1) is 12.6 Å². The summed E-state index contributed by atoms with van der Waals surface area (Å²) < 4.78 is 0. The number of aliphatic hydroxyl groups excluding tert-OH is 1. The Hall–Kier alpha value is -1.22. The molecule has 0 saturated heterocycles. The molecule has 0 bridgehead atoms. The molecule has 4 nitrogen and oxygen atoms in total. The summed E-state index contributed by atoms with van der Waals surface area (Å²) in [4.78, 5) is 2.59. The monoisotopic (exact) mass is 211 g/mol. The highest BCUT2D eigenvalue weighted by Crippen LogP contribution is 2.22. The number of hydrogen-bond donors (Lipinski definition) is 1. The summed E-state index contributed by atoms with van der Waals surface area (Å²) in [6.07, 6.45) is -0.787. The normalized spacial score (nSPS) is 11.9. The highest BCUT2D eigenvalue weighted by Gasteiger charge is 2.09. The molecule has 5 heteroatoms. The van der Waals surface area contributed by atoms with Gasteiger partial charge < -0.3 is 5.11 Å². The number of halogens is 1. The van der Waals surface area contributed by atoms with E-state index in [1.165, 1.54) is 0 Å². The van der Waals surface area contributed by atoms with Crippen molar-refractivity contribution in [2.45, 2.75) is 13.0 Å². The first-order valence-electron chi connectivity index (χ1n) is 4.10. The first kappa shape index (κ1) is 10.9. The van der Waals surface area contributed by atoms with Gasteiger partial charge in [-0.3, -0.25) is 0 Å². The largest absolute Gasteiger partial charge is 0.388 e. The molecule has 74 valence electrons. The van der Waals surface area contributed by atoms with Gasteiger partial charge in [0.2, 0.25) is 0 Å². The molecule has 0 aliphatic rings. The second-order valence-electron chi connectivity index (χ2n) is 2.93. The number of aliphatic hydroxyl groups is 1. The number of aryl methyl sites for hydroxylation is 1. The van der Waals surface area contributed by atoms with Crippen LogP contribution in [0, 0.1) is 6.92 Å². The zero-order valence-electron chi connectivity index (χ0n) is 7.68. The van der Waals surface area contributed by atoms with Gasteiger partial charge in [-0.2, -0.15) is 0 Å². The van der Waals surface area contributed by atoms with Gasteiger partial charge >= 0.3 is 0 Å². The molecule has 14 heavy (non-hydrogen) atoms. The maximum absolute atomic E-state index is 9.63. The Morgan fingerprint density at radius 1 is 1.64 bits per heavy atom. The Kier molecular flexibility index (Phi) is 3.77. The fourth-order valence-corrected chi connectivity index (χ4v) is 1.36. The predicted molar refractivity (Wildman–Crippen MR) is 55.2 cm³/mol. The average molecular weight is 212 g/mol. The third-order valence-corrected chi connectivity index (χ3v) is 2.15. The second-order valence-corrected chi connectivity index (χ2v) is 3.37.